The zero-order chi connectivity index (χ0) is 15.1. The molecule has 2 rings (SSSR count). The van der Waals surface area contributed by atoms with Crippen LogP contribution in [-0.4, -0.2) is 5.11 Å². The second-order valence-corrected chi connectivity index (χ2v) is 6.45. The summed E-state index contributed by atoms with van der Waals surface area (Å²) in [5, 5.41) is 10.0. The second-order valence-electron chi connectivity index (χ2n) is 3.91. The molecule has 1 atom stereocenters. The Bertz CT molecular complexity index is 621. The number of rotatable bonds is 2. The summed E-state index contributed by atoms with van der Waals surface area (Å²) in [7, 11) is 0. The molecule has 1 unspecified atom stereocenters. The average molecular weight is 390 g/mol. The van der Waals surface area contributed by atoms with E-state index >= 15 is 0 Å². The Hall–Kier alpha value is -0.630. The first kappa shape index (κ1) is 15.8. The third kappa shape index (κ3) is 3.16. The van der Waals surface area contributed by atoms with Gasteiger partial charge in [-0.2, -0.15) is 13.2 Å². The van der Waals surface area contributed by atoms with E-state index in [1.54, 1.807) is 0 Å². The minimum absolute atomic E-state index is 0.250. The first-order valence-electron chi connectivity index (χ1n) is 5.19. The molecule has 0 aliphatic rings. The molecular weight excluding hydrogens is 384 g/mol. The van der Waals surface area contributed by atoms with E-state index in [0.29, 0.717) is 27.0 Å². The van der Waals surface area contributed by atoms with Crippen molar-refractivity contribution < 1.29 is 22.7 Å². The third-order valence-electron chi connectivity index (χ3n) is 2.55. The molecule has 1 aromatic carbocycles. The minimum atomic E-state index is -4.60. The lowest BCUT2D eigenvalue weighted by Crippen LogP contribution is -2.08. The van der Waals surface area contributed by atoms with Gasteiger partial charge in [-0.25, -0.2) is 4.39 Å². The van der Waals surface area contributed by atoms with Crippen molar-refractivity contribution in [3.8, 4) is 0 Å². The van der Waals surface area contributed by atoms with Gasteiger partial charge in [-0.3, -0.25) is 0 Å². The molecule has 108 valence electrons. The zero-order valence-electron chi connectivity index (χ0n) is 9.51. The molecule has 0 aliphatic carbocycles. The lowest BCUT2D eigenvalue weighted by molar-refractivity contribution is -0.137. The fourth-order valence-electron chi connectivity index (χ4n) is 1.58. The predicted octanol–water partition coefficient (Wildman–Crippen LogP) is 5.40. The normalized spacial score (nSPS) is 13.6. The Kier molecular flexibility index (Phi) is 4.44. The maximum Gasteiger partial charge on any atom is 0.416 e. The van der Waals surface area contributed by atoms with Crippen molar-refractivity contribution >= 4 is 38.9 Å². The summed E-state index contributed by atoms with van der Waals surface area (Å²) >= 11 is 9.87. The van der Waals surface area contributed by atoms with Gasteiger partial charge in [0.05, 0.1) is 5.56 Å². The van der Waals surface area contributed by atoms with Crippen LogP contribution in [0.5, 0.6) is 0 Å². The zero-order valence-corrected chi connectivity index (χ0v) is 12.7. The monoisotopic (exact) mass is 388 g/mol. The van der Waals surface area contributed by atoms with Crippen molar-refractivity contribution in [3.63, 3.8) is 0 Å². The first-order chi connectivity index (χ1) is 9.20. The number of halogens is 6. The van der Waals surface area contributed by atoms with Crippen LogP contribution in [-0.2, 0) is 6.18 Å². The summed E-state index contributed by atoms with van der Waals surface area (Å²) < 4.78 is 52.3. The second kappa shape index (κ2) is 5.63. The van der Waals surface area contributed by atoms with Crippen molar-refractivity contribution in [3.05, 3.63) is 54.9 Å². The standard InChI is InChI=1S/C12H6BrClF4OS/c13-7-4-9(20-11(7)14)10(19)6-3-5(12(16,17)18)1-2-8(6)15/h1-4,10,19H. The highest BCUT2D eigenvalue weighted by Gasteiger charge is 2.32. The molecule has 2 aromatic rings. The van der Waals surface area contributed by atoms with Gasteiger partial charge >= 0.3 is 6.18 Å². The van der Waals surface area contributed by atoms with Gasteiger partial charge in [-0.05, 0) is 40.2 Å². The van der Waals surface area contributed by atoms with Crippen LogP contribution in [0, 0.1) is 5.82 Å². The molecule has 0 fully saturated rings. The van der Waals surface area contributed by atoms with E-state index in [1.165, 1.54) is 6.07 Å². The molecule has 1 nitrogen and oxygen atoms in total. The smallest absolute Gasteiger partial charge is 0.383 e. The highest BCUT2D eigenvalue weighted by Crippen LogP contribution is 2.39. The van der Waals surface area contributed by atoms with Gasteiger partial charge in [0, 0.05) is 14.9 Å². The molecule has 0 saturated heterocycles. The van der Waals surface area contributed by atoms with E-state index in [2.05, 4.69) is 15.9 Å². The number of hydrogen-bond acceptors (Lipinski definition) is 2. The Labute approximate surface area is 128 Å². The number of thiophene rings is 1. The van der Waals surface area contributed by atoms with E-state index < -0.39 is 29.2 Å². The molecule has 0 aliphatic heterocycles. The summed E-state index contributed by atoms with van der Waals surface area (Å²) in [6.07, 6.45) is -6.11. The van der Waals surface area contributed by atoms with Crippen molar-refractivity contribution in [2.45, 2.75) is 12.3 Å². The van der Waals surface area contributed by atoms with Gasteiger partial charge in [-0.15, -0.1) is 11.3 Å². The third-order valence-corrected chi connectivity index (χ3v) is 5.08. The lowest BCUT2D eigenvalue weighted by Gasteiger charge is -2.13. The van der Waals surface area contributed by atoms with Crippen LogP contribution < -0.4 is 0 Å². The Balaban J connectivity index is 2.46. The van der Waals surface area contributed by atoms with Crippen LogP contribution in [0.4, 0.5) is 17.6 Å². The van der Waals surface area contributed by atoms with Crippen LogP contribution in [0.15, 0.2) is 28.7 Å². The Morgan fingerprint density at radius 3 is 2.40 bits per heavy atom. The Morgan fingerprint density at radius 1 is 1.25 bits per heavy atom. The number of hydrogen-bond donors (Lipinski definition) is 1. The van der Waals surface area contributed by atoms with Crippen LogP contribution in [0.1, 0.15) is 22.1 Å². The van der Waals surface area contributed by atoms with Crippen molar-refractivity contribution in [1.29, 1.82) is 0 Å². The number of aliphatic hydroxyl groups excluding tert-OH is 1. The van der Waals surface area contributed by atoms with Crippen LogP contribution in [0.3, 0.4) is 0 Å². The molecule has 0 bridgehead atoms. The fraction of sp³-hybridized carbons (Fsp3) is 0.167. The van der Waals surface area contributed by atoms with Crippen molar-refractivity contribution in [2.24, 2.45) is 0 Å². The van der Waals surface area contributed by atoms with Crippen LogP contribution in [0.2, 0.25) is 4.34 Å². The van der Waals surface area contributed by atoms with Gasteiger partial charge in [0.2, 0.25) is 0 Å². The number of alkyl halides is 3. The van der Waals surface area contributed by atoms with E-state index in [1.807, 2.05) is 0 Å². The predicted molar refractivity (Wildman–Crippen MR) is 72.5 cm³/mol. The fourth-order valence-corrected chi connectivity index (χ4v) is 3.32. The topological polar surface area (TPSA) is 20.2 Å². The summed E-state index contributed by atoms with van der Waals surface area (Å²) in [6, 6.07) is 3.35. The molecule has 8 heteroatoms. The van der Waals surface area contributed by atoms with Gasteiger partial charge in [-0.1, -0.05) is 11.6 Å². The summed E-state index contributed by atoms with van der Waals surface area (Å²) in [6.45, 7) is 0. The molecule has 1 N–H and O–H groups in total. The minimum Gasteiger partial charge on any atom is -0.383 e. The van der Waals surface area contributed by atoms with Gasteiger partial charge < -0.3 is 5.11 Å². The molecule has 20 heavy (non-hydrogen) atoms. The van der Waals surface area contributed by atoms with Crippen LogP contribution in [0.25, 0.3) is 0 Å². The van der Waals surface area contributed by atoms with Gasteiger partial charge in [0.15, 0.2) is 0 Å². The van der Waals surface area contributed by atoms with E-state index in [4.69, 9.17) is 11.6 Å². The van der Waals surface area contributed by atoms with Crippen LogP contribution >= 0.6 is 38.9 Å². The maximum atomic E-state index is 13.6. The molecule has 0 amide bonds. The highest BCUT2D eigenvalue weighted by atomic mass is 79.9. The summed E-state index contributed by atoms with van der Waals surface area (Å²) in [5.41, 5.74) is -1.46. The van der Waals surface area contributed by atoms with Gasteiger partial charge in [0.1, 0.15) is 16.3 Å². The molecule has 0 spiro atoms. The first-order valence-corrected chi connectivity index (χ1v) is 7.18. The summed E-state index contributed by atoms with van der Waals surface area (Å²) in [4.78, 5) is 0.250. The van der Waals surface area contributed by atoms with E-state index in [-0.39, 0.29) is 4.88 Å². The Morgan fingerprint density at radius 2 is 1.90 bits per heavy atom. The number of aliphatic hydroxyl groups is 1. The number of benzene rings is 1. The molecule has 0 saturated carbocycles. The van der Waals surface area contributed by atoms with Crippen molar-refractivity contribution in [2.75, 3.05) is 0 Å². The van der Waals surface area contributed by atoms with E-state index in [9.17, 15) is 22.7 Å². The largest absolute Gasteiger partial charge is 0.416 e. The van der Waals surface area contributed by atoms with E-state index in [0.717, 1.165) is 11.3 Å². The van der Waals surface area contributed by atoms with Gasteiger partial charge in [0.25, 0.3) is 0 Å². The quantitative estimate of drug-likeness (QED) is 0.682. The van der Waals surface area contributed by atoms with Crippen molar-refractivity contribution in [1.82, 2.24) is 0 Å². The molecule has 1 heterocycles. The molecule has 0 radical (unpaired) electrons. The molecule has 1 aromatic heterocycles. The lowest BCUT2D eigenvalue weighted by atomic mass is 10.0. The highest BCUT2D eigenvalue weighted by molar-refractivity contribution is 9.10. The summed E-state index contributed by atoms with van der Waals surface area (Å²) in [5.74, 6) is -0.911. The molecular formula is C12H6BrClF4OS. The SMILES string of the molecule is OC(c1cc(Br)c(Cl)s1)c1cc(C(F)(F)F)ccc1F. The average Bonchev–Trinajstić information content (AvgIpc) is 2.68. The maximum absolute atomic E-state index is 13.6.